The summed E-state index contributed by atoms with van der Waals surface area (Å²) in [5.74, 6) is -0.0335. The van der Waals surface area contributed by atoms with E-state index in [4.69, 9.17) is 0 Å². The molecule has 3 nitrogen and oxygen atoms in total. The van der Waals surface area contributed by atoms with Gasteiger partial charge in [-0.1, -0.05) is 18.6 Å². The van der Waals surface area contributed by atoms with E-state index in [0.717, 1.165) is 23.7 Å². The highest BCUT2D eigenvalue weighted by atomic mass is 16.4. The number of piperidine rings is 1. The summed E-state index contributed by atoms with van der Waals surface area (Å²) < 4.78 is 0. The van der Waals surface area contributed by atoms with Crippen LogP contribution in [0, 0.1) is 12.8 Å². The number of carboxylic acid groups (broad SMARTS) is 1. The fraction of sp³-hybridized carbons (Fsp3) is 0.562. The van der Waals surface area contributed by atoms with E-state index in [1.807, 2.05) is 19.1 Å². The lowest BCUT2D eigenvalue weighted by atomic mass is 9.90. The van der Waals surface area contributed by atoms with Crippen molar-refractivity contribution < 1.29 is 9.90 Å². The maximum Gasteiger partial charge on any atom is 0.337 e. The number of carboxylic acids is 1. The molecule has 0 aromatic heterocycles. The fourth-order valence-corrected chi connectivity index (χ4v) is 3.94. The topological polar surface area (TPSA) is 40.5 Å². The van der Waals surface area contributed by atoms with E-state index in [9.17, 15) is 9.90 Å². The summed E-state index contributed by atoms with van der Waals surface area (Å²) in [6.45, 7) is 3.03. The van der Waals surface area contributed by atoms with Crippen LogP contribution in [-0.4, -0.2) is 23.7 Å². The van der Waals surface area contributed by atoms with Crippen LogP contribution in [0.1, 0.15) is 48.0 Å². The Morgan fingerprint density at radius 2 is 2.05 bits per heavy atom. The Kier molecular flexibility index (Phi) is 3.21. The summed E-state index contributed by atoms with van der Waals surface area (Å²) in [5.41, 5.74) is 2.52. The van der Waals surface area contributed by atoms with Crippen LogP contribution >= 0.6 is 0 Å². The molecule has 1 saturated heterocycles. The molecule has 2 atom stereocenters. The third kappa shape index (κ3) is 2.11. The minimum atomic E-state index is -0.807. The molecule has 2 unspecified atom stereocenters. The zero-order valence-electron chi connectivity index (χ0n) is 11.4. The van der Waals surface area contributed by atoms with Gasteiger partial charge >= 0.3 is 5.97 Å². The number of aryl methyl sites for hydroxylation is 1. The lowest BCUT2D eigenvalue weighted by Crippen LogP contribution is -2.43. The van der Waals surface area contributed by atoms with Crippen LogP contribution in [0.3, 0.4) is 0 Å². The first-order chi connectivity index (χ1) is 9.18. The summed E-state index contributed by atoms with van der Waals surface area (Å²) in [6, 6.07) is 6.18. The predicted molar refractivity (Wildman–Crippen MR) is 75.8 cm³/mol. The second kappa shape index (κ2) is 4.87. The van der Waals surface area contributed by atoms with Crippen molar-refractivity contribution in [2.75, 3.05) is 11.4 Å². The second-order valence-electron chi connectivity index (χ2n) is 5.87. The van der Waals surface area contributed by atoms with Gasteiger partial charge in [0.25, 0.3) is 0 Å². The molecule has 0 spiro atoms. The number of para-hydroxylation sites is 1. The first kappa shape index (κ1) is 12.5. The largest absolute Gasteiger partial charge is 0.478 e. The van der Waals surface area contributed by atoms with E-state index in [2.05, 4.69) is 4.90 Å². The minimum absolute atomic E-state index is 0.465. The van der Waals surface area contributed by atoms with Gasteiger partial charge in [-0.3, -0.25) is 0 Å². The van der Waals surface area contributed by atoms with Gasteiger partial charge in [-0.15, -0.1) is 0 Å². The molecule has 1 N–H and O–H groups in total. The molecular formula is C16H21NO2. The van der Waals surface area contributed by atoms with E-state index in [0.29, 0.717) is 11.6 Å². The number of hydrogen-bond acceptors (Lipinski definition) is 2. The fourth-order valence-electron chi connectivity index (χ4n) is 3.94. The van der Waals surface area contributed by atoms with E-state index in [1.54, 1.807) is 6.07 Å². The highest BCUT2D eigenvalue weighted by molar-refractivity contribution is 5.95. The maximum absolute atomic E-state index is 11.5. The molecule has 0 bridgehead atoms. The molecule has 1 aromatic rings. The highest BCUT2D eigenvalue weighted by Crippen LogP contribution is 2.41. The number of benzene rings is 1. The molecule has 1 aromatic carbocycles. The molecule has 0 amide bonds. The lowest BCUT2D eigenvalue weighted by Gasteiger charge is -2.40. The lowest BCUT2D eigenvalue weighted by molar-refractivity contribution is 0.0697. The van der Waals surface area contributed by atoms with Crippen LogP contribution in [0.5, 0.6) is 0 Å². The number of hydrogen-bond donors (Lipinski definition) is 1. The van der Waals surface area contributed by atoms with Crippen molar-refractivity contribution in [3.05, 3.63) is 29.3 Å². The van der Waals surface area contributed by atoms with Gasteiger partial charge < -0.3 is 10.0 Å². The van der Waals surface area contributed by atoms with Crippen LogP contribution < -0.4 is 4.90 Å². The molecule has 1 aliphatic carbocycles. The van der Waals surface area contributed by atoms with Gasteiger partial charge in [0.1, 0.15) is 0 Å². The van der Waals surface area contributed by atoms with Gasteiger partial charge in [-0.2, -0.15) is 0 Å². The van der Waals surface area contributed by atoms with Crippen molar-refractivity contribution in [2.24, 2.45) is 5.92 Å². The van der Waals surface area contributed by atoms with Gasteiger partial charge in [0.05, 0.1) is 11.3 Å². The predicted octanol–water partition coefficient (Wildman–Crippen LogP) is 3.46. The van der Waals surface area contributed by atoms with Crippen molar-refractivity contribution in [2.45, 2.75) is 45.1 Å². The van der Waals surface area contributed by atoms with Crippen LogP contribution in [0.4, 0.5) is 5.69 Å². The van der Waals surface area contributed by atoms with Crippen molar-refractivity contribution in [1.29, 1.82) is 0 Å². The first-order valence-electron chi connectivity index (χ1n) is 7.28. The van der Waals surface area contributed by atoms with Crippen molar-refractivity contribution in [1.82, 2.24) is 0 Å². The molecule has 3 rings (SSSR count). The molecule has 102 valence electrons. The molecule has 1 aliphatic heterocycles. The van der Waals surface area contributed by atoms with E-state index >= 15 is 0 Å². The summed E-state index contributed by atoms with van der Waals surface area (Å²) >= 11 is 0. The van der Waals surface area contributed by atoms with E-state index < -0.39 is 5.97 Å². The quantitative estimate of drug-likeness (QED) is 0.884. The number of carbonyl (C=O) groups is 1. The molecule has 3 heteroatoms. The zero-order chi connectivity index (χ0) is 13.4. The Balaban J connectivity index is 2.03. The number of aromatic carboxylic acids is 1. The Morgan fingerprint density at radius 1 is 1.26 bits per heavy atom. The smallest absolute Gasteiger partial charge is 0.337 e. The van der Waals surface area contributed by atoms with Gasteiger partial charge in [0, 0.05) is 12.6 Å². The Hall–Kier alpha value is -1.51. The van der Waals surface area contributed by atoms with Crippen molar-refractivity contribution in [3.8, 4) is 0 Å². The number of fused-ring (bicyclic) bond motifs is 1. The average Bonchev–Trinajstić information content (AvgIpc) is 2.86. The summed E-state index contributed by atoms with van der Waals surface area (Å²) in [5, 5.41) is 9.43. The minimum Gasteiger partial charge on any atom is -0.478 e. The number of rotatable bonds is 2. The highest BCUT2D eigenvalue weighted by Gasteiger charge is 2.36. The summed E-state index contributed by atoms with van der Waals surface area (Å²) in [6.07, 6.45) is 6.33. The van der Waals surface area contributed by atoms with Crippen molar-refractivity contribution in [3.63, 3.8) is 0 Å². The van der Waals surface area contributed by atoms with Crippen LogP contribution in [0.25, 0.3) is 0 Å². The Bertz CT molecular complexity index is 498. The van der Waals surface area contributed by atoms with E-state index in [-0.39, 0.29) is 0 Å². The van der Waals surface area contributed by atoms with Gasteiger partial charge in [-0.25, -0.2) is 4.79 Å². The van der Waals surface area contributed by atoms with Gasteiger partial charge in [0.2, 0.25) is 0 Å². The Morgan fingerprint density at radius 3 is 2.84 bits per heavy atom. The average molecular weight is 259 g/mol. The zero-order valence-corrected chi connectivity index (χ0v) is 11.4. The van der Waals surface area contributed by atoms with Crippen LogP contribution in [0.2, 0.25) is 0 Å². The molecule has 1 saturated carbocycles. The standard InChI is InChI=1S/C16H21NO2/c1-11-5-2-8-13(16(18)19)15(11)17-10-4-7-12-6-3-9-14(12)17/h2,5,8,12,14H,3-4,6-7,9-10H2,1H3,(H,18,19). The third-order valence-corrected chi connectivity index (χ3v) is 4.75. The second-order valence-corrected chi connectivity index (χ2v) is 5.87. The number of anilines is 1. The summed E-state index contributed by atoms with van der Waals surface area (Å²) in [4.78, 5) is 13.9. The van der Waals surface area contributed by atoms with Gasteiger partial charge in [-0.05, 0) is 50.2 Å². The molecule has 19 heavy (non-hydrogen) atoms. The van der Waals surface area contributed by atoms with Gasteiger partial charge in [0.15, 0.2) is 0 Å². The molecule has 0 radical (unpaired) electrons. The van der Waals surface area contributed by atoms with Crippen molar-refractivity contribution >= 4 is 11.7 Å². The maximum atomic E-state index is 11.5. The monoisotopic (exact) mass is 259 g/mol. The molecule has 2 fully saturated rings. The molecule has 1 heterocycles. The molecular weight excluding hydrogens is 238 g/mol. The Labute approximate surface area is 114 Å². The third-order valence-electron chi connectivity index (χ3n) is 4.75. The van der Waals surface area contributed by atoms with Crippen LogP contribution in [-0.2, 0) is 0 Å². The SMILES string of the molecule is Cc1cccc(C(=O)O)c1N1CCCC2CCCC21. The first-order valence-corrected chi connectivity index (χ1v) is 7.28. The number of nitrogens with zero attached hydrogens (tertiary/aromatic N) is 1. The summed E-state index contributed by atoms with van der Waals surface area (Å²) in [7, 11) is 0. The van der Waals surface area contributed by atoms with E-state index in [1.165, 1.54) is 32.1 Å². The normalized spacial score (nSPS) is 26.3. The molecule has 2 aliphatic rings. The van der Waals surface area contributed by atoms with Crippen LogP contribution in [0.15, 0.2) is 18.2 Å².